The summed E-state index contributed by atoms with van der Waals surface area (Å²) in [4.78, 5) is 13.8. The third kappa shape index (κ3) is 4.53. The molecule has 0 unspecified atom stereocenters. The molecule has 1 aliphatic carbocycles. The summed E-state index contributed by atoms with van der Waals surface area (Å²) in [6.07, 6.45) is 3.07. The zero-order valence-corrected chi connectivity index (χ0v) is 12.4. The number of amides is 1. The van der Waals surface area contributed by atoms with Crippen molar-refractivity contribution in [2.45, 2.75) is 38.8 Å². The molecule has 0 bridgehead atoms. The van der Waals surface area contributed by atoms with Gasteiger partial charge in [0.2, 0.25) is 5.91 Å². The van der Waals surface area contributed by atoms with Crippen LogP contribution in [0.3, 0.4) is 0 Å². The average molecular weight is 276 g/mol. The minimum Gasteiger partial charge on any atom is -0.494 e. The molecule has 2 rings (SSSR count). The normalized spacial score (nSPS) is 14.1. The van der Waals surface area contributed by atoms with E-state index in [9.17, 15) is 4.79 Å². The number of nitrogens with one attached hydrogen (secondary N) is 1. The molecule has 1 aromatic rings. The van der Waals surface area contributed by atoms with Crippen molar-refractivity contribution in [2.24, 2.45) is 0 Å². The molecule has 1 aromatic carbocycles. The largest absolute Gasteiger partial charge is 0.494 e. The van der Waals surface area contributed by atoms with Crippen LogP contribution in [-0.4, -0.2) is 37.0 Å². The molecule has 1 amide bonds. The number of ether oxygens (including phenoxy) is 1. The molecule has 0 aliphatic heterocycles. The third-order valence-corrected chi connectivity index (χ3v) is 3.45. The Bertz CT molecular complexity index is 444. The molecule has 4 nitrogen and oxygen atoms in total. The summed E-state index contributed by atoms with van der Waals surface area (Å²) in [5.41, 5.74) is 1.06. The highest BCUT2D eigenvalue weighted by atomic mass is 16.5. The number of carbonyl (C=O) groups excluding carboxylic acids is 1. The number of nitrogens with zero attached hydrogens (tertiary/aromatic N) is 1. The number of para-hydroxylation sites is 1. The summed E-state index contributed by atoms with van der Waals surface area (Å²) >= 11 is 0. The number of rotatable bonds is 8. The van der Waals surface area contributed by atoms with Crippen LogP contribution in [0.15, 0.2) is 24.3 Å². The van der Waals surface area contributed by atoms with Gasteiger partial charge in [-0.2, -0.15) is 0 Å². The van der Waals surface area contributed by atoms with Crippen molar-refractivity contribution < 1.29 is 9.53 Å². The molecule has 0 saturated heterocycles. The Hall–Kier alpha value is -1.55. The van der Waals surface area contributed by atoms with Crippen LogP contribution in [0.1, 0.15) is 31.7 Å². The quantitative estimate of drug-likeness (QED) is 0.791. The lowest BCUT2D eigenvalue weighted by atomic mass is 10.2. The van der Waals surface area contributed by atoms with Gasteiger partial charge < -0.3 is 15.0 Å². The zero-order chi connectivity index (χ0) is 14.4. The first-order valence-corrected chi connectivity index (χ1v) is 7.38. The minimum absolute atomic E-state index is 0.171. The molecule has 1 aliphatic rings. The molecule has 0 aromatic heterocycles. The van der Waals surface area contributed by atoms with Crippen molar-refractivity contribution in [1.82, 2.24) is 10.2 Å². The van der Waals surface area contributed by atoms with Crippen LogP contribution in [0.2, 0.25) is 0 Å². The summed E-state index contributed by atoms with van der Waals surface area (Å²) in [6.45, 7) is 3.98. The molecule has 20 heavy (non-hydrogen) atoms. The monoisotopic (exact) mass is 276 g/mol. The summed E-state index contributed by atoms with van der Waals surface area (Å²) < 4.78 is 5.59. The second-order valence-electron chi connectivity index (χ2n) is 5.27. The topological polar surface area (TPSA) is 41.6 Å². The van der Waals surface area contributed by atoms with E-state index in [0.29, 0.717) is 25.6 Å². The molecular formula is C16H24N2O2. The van der Waals surface area contributed by atoms with Crippen LogP contribution in [0.4, 0.5) is 0 Å². The molecule has 0 radical (unpaired) electrons. The van der Waals surface area contributed by atoms with Gasteiger partial charge in [0.15, 0.2) is 0 Å². The van der Waals surface area contributed by atoms with Gasteiger partial charge >= 0.3 is 0 Å². The summed E-state index contributed by atoms with van der Waals surface area (Å²) in [5.74, 6) is 1.04. The SMILES string of the molecule is CCOc1ccccc1CN(C)C(=O)CCNC1CC1. The minimum atomic E-state index is 0.171. The molecular weight excluding hydrogens is 252 g/mol. The fraction of sp³-hybridized carbons (Fsp3) is 0.562. The maximum absolute atomic E-state index is 12.1. The van der Waals surface area contributed by atoms with Crippen LogP contribution in [0.25, 0.3) is 0 Å². The number of benzene rings is 1. The lowest BCUT2D eigenvalue weighted by Crippen LogP contribution is -2.30. The smallest absolute Gasteiger partial charge is 0.223 e. The lowest BCUT2D eigenvalue weighted by Gasteiger charge is -2.19. The summed E-state index contributed by atoms with van der Waals surface area (Å²) in [5, 5.41) is 3.37. The van der Waals surface area contributed by atoms with Crippen LogP contribution in [0.5, 0.6) is 5.75 Å². The fourth-order valence-electron chi connectivity index (χ4n) is 2.14. The number of carbonyl (C=O) groups is 1. The van der Waals surface area contributed by atoms with E-state index >= 15 is 0 Å². The molecule has 1 saturated carbocycles. The molecule has 1 fully saturated rings. The van der Waals surface area contributed by atoms with E-state index in [1.54, 1.807) is 4.90 Å². The molecule has 0 heterocycles. The Morgan fingerprint density at radius 1 is 1.40 bits per heavy atom. The summed E-state index contributed by atoms with van der Waals surface area (Å²) in [6, 6.07) is 8.55. The van der Waals surface area contributed by atoms with Gasteiger partial charge in [-0.3, -0.25) is 4.79 Å². The van der Waals surface area contributed by atoms with E-state index in [1.807, 2.05) is 38.2 Å². The van der Waals surface area contributed by atoms with E-state index in [-0.39, 0.29) is 5.91 Å². The van der Waals surface area contributed by atoms with Gasteiger partial charge in [-0.1, -0.05) is 18.2 Å². The highest BCUT2D eigenvalue weighted by molar-refractivity contribution is 5.76. The zero-order valence-electron chi connectivity index (χ0n) is 12.4. The Labute approximate surface area is 121 Å². The van der Waals surface area contributed by atoms with Gasteiger partial charge in [-0.25, -0.2) is 0 Å². The van der Waals surface area contributed by atoms with E-state index in [2.05, 4.69) is 5.32 Å². The predicted molar refractivity (Wildman–Crippen MR) is 79.7 cm³/mol. The second-order valence-corrected chi connectivity index (χ2v) is 5.27. The third-order valence-electron chi connectivity index (χ3n) is 3.45. The van der Waals surface area contributed by atoms with Gasteiger partial charge in [0.25, 0.3) is 0 Å². The fourth-order valence-corrected chi connectivity index (χ4v) is 2.14. The summed E-state index contributed by atoms with van der Waals surface area (Å²) in [7, 11) is 1.85. The molecule has 110 valence electrons. The highest BCUT2D eigenvalue weighted by Crippen LogP contribution is 2.20. The van der Waals surface area contributed by atoms with E-state index < -0.39 is 0 Å². The van der Waals surface area contributed by atoms with E-state index in [0.717, 1.165) is 17.9 Å². The van der Waals surface area contributed by atoms with Crippen molar-refractivity contribution in [3.63, 3.8) is 0 Å². The maximum Gasteiger partial charge on any atom is 0.223 e. The lowest BCUT2D eigenvalue weighted by molar-refractivity contribution is -0.130. The molecule has 0 atom stereocenters. The molecule has 1 N–H and O–H groups in total. The highest BCUT2D eigenvalue weighted by Gasteiger charge is 2.20. The van der Waals surface area contributed by atoms with Crippen molar-refractivity contribution >= 4 is 5.91 Å². The standard InChI is InChI=1S/C16H24N2O2/c1-3-20-15-7-5-4-6-13(15)12-18(2)16(19)10-11-17-14-8-9-14/h4-7,14,17H,3,8-12H2,1-2H3. The second kappa shape index (κ2) is 7.29. The van der Waals surface area contributed by atoms with Gasteiger partial charge in [0.1, 0.15) is 5.75 Å². The van der Waals surface area contributed by atoms with Crippen LogP contribution >= 0.6 is 0 Å². The van der Waals surface area contributed by atoms with E-state index in [4.69, 9.17) is 4.74 Å². The Kier molecular flexibility index (Phi) is 5.41. The van der Waals surface area contributed by atoms with Crippen molar-refractivity contribution in [3.05, 3.63) is 29.8 Å². The Morgan fingerprint density at radius 3 is 2.85 bits per heavy atom. The Morgan fingerprint density at radius 2 is 2.15 bits per heavy atom. The van der Waals surface area contributed by atoms with Gasteiger partial charge in [0, 0.05) is 38.2 Å². The van der Waals surface area contributed by atoms with Crippen LogP contribution in [-0.2, 0) is 11.3 Å². The first-order chi connectivity index (χ1) is 9.70. The predicted octanol–water partition coefficient (Wildman–Crippen LogP) is 2.19. The van der Waals surface area contributed by atoms with Crippen molar-refractivity contribution in [2.75, 3.05) is 20.2 Å². The number of hydrogen-bond acceptors (Lipinski definition) is 3. The number of hydrogen-bond donors (Lipinski definition) is 1. The average Bonchev–Trinajstić information content (AvgIpc) is 3.25. The van der Waals surface area contributed by atoms with E-state index in [1.165, 1.54) is 12.8 Å². The van der Waals surface area contributed by atoms with Crippen LogP contribution in [0, 0.1) is 0 Å². The van der Waals surface area contributed by atoms with Crippen LogP contribution < -0.4 is 10.1 Å². The molecule has 0 spiro atoms. The van der Waals surface area contributed by atoms with Crippen molar-refractivity contribution in [3.8, 4) is 5.75 Å². The van der Waals surface area contributed by atoms with Gasteiger partial charge in [0.05, 0.1) is 6.61 Å². The first-order valence-electron chi connectivity index (χ1n) is 7.38. The van der Waals surface area contributed by atoms with Gasteiger partial charge in [-0.15, -0.1) is 0 Å². The van der Waals surface area contributed by atoms with Gasteiger partial charge in [-0.05, 0) is 25.8 Å². The first kappa shape index (κ1) is 14.9. The van der Waals surface area contributed by atoms with Crippen molar-refractivity contribution in [1.29, 1.82) is 0 Å². The maximum atomic E-state index is 12.1. The Balaban J connectivity index is 1.82. The molecule has 4 heteroatoms.